The standard InChI is InChI=1S/C20H33N5O3.ClH/c1-2-3-4-5-6-7-12-25-19(22-23-24-25)17-10-8-16(9-11-17)18(28)13-20(21,14-26)15-27;/h8-11,18,26-28H,2-7,12-15,21H2,1H3;1H. The highest BCUT2D eigenvalue weighted by Gasteiger charge is 2.27. The fourth-order valence-electron chi connectivity index (χ4n) is 3.14. The normalized spacial score (nSPS) is 12.6. The van der Waals surface area contributed by atoms with Crippen LogP contribution in [-0.4, -0.2) is 54.3 Å². The lowest BCUT2D eigenvalue weighted by atomic mass is 9.91. The molecule has 0 saturated carbocycles. The Morgan fingerprint density at radius 3 is 2.28 bits per heavy atom. The number of aliphatic hydroxyl groups excluding tert-OH is 3. The van der Waals surface area contributed by atoms with E-state index in [9.17, 15) is 15.3 Å². The number of unbranched alkanes of at least 4 members (excludes halogenated alkanes) is 5. The molecule has 1 unspecified atom stereocenters. The predicted molar refractivity (Wildman–Crippen MR) is 115 cm³/mol. The summed E-state index contributed by atoms with van der Waals surface area (Å²) in [6.45, 7) is 2.20. The van der Waals surface area contributed by atoms with Crippen LogP contribution in [0.1, 0.15) is 63.5 Å². The zero-order chi connectivity index (χ0) is 20.4. The molecular formula is C20H34ClN5O3. The molecule has 0 bridgehead atoms. The third-order valence-corrected chi connectivity index (χ3v) is 5.04. The van der Waals surface area contributed by atoms with Crippen LogP contribution in [0.3, 0.4) is 0 Å². The van der Waals surface area contributed by atoms with E-state index in [0.717, 1.165) is 18.5 Å². The summed E-state index contributed by atoms with van der Waals surface area (Å²) >= 11 is 0. The Morgan fingerprint density at radius 2 is 1.66 bits per heavy atom. The van der Waals surface area contributed by atoms with Gasteiger partial charge in [-0.1, -0.05) is 63.3 Å². The van der Waals surface area contributed by atoms with Gasteiger partial charge in [0.1, 0.15) is 0 Å². The quantitative estimate of drug-likeness (QED) is 0.360. The van der Waals surface area contributed by atoms with Crippen molar-refractivity contribution in [1.29, 1.82) is 0 Å². The van der Waals surface area contributed by atoms with Crippen LogP contribution in [0.5, 0.6) is 0 Å². The first kappa shape index (κ1) is 25.5. The summed E-state index contributed by atoms with van der Waals surface area (Å²) < 4.78 is 1.81. The highest BCUT2D eigenvalue weighted by Crippen LogP contribution is 2.25. The first-order chi connectivity index (χ1) is 13.5. The summed E-state index contributed by atoms with van der Waals surface area (Å²) in [6, 6.07) is 7.30. The van der Waals surface area contributed by atoms with Crippen LogP contribution in [-0.2, 0) is 6.54 Å². The number of hydrogen-bond donors (Lipinski definition) is 4. The van der Waals surface area contributed by atoms with Crippen LogP contribution in [0, 0.1) is 0 Å². The molecule has 0 fully saturated rings. The predicted octanol–water partition coefficient (Wildman–Crippen LogP) is 2.23. The van der Waals surface area contributed by atoms with Gasteiger partial charge in [-0.25, -0.2) is 4.68 Å². The fourth-order valence-corrected chi connectivity index (χ4v) is 3.14. The highest BCUT2D eigenvalue weighted by atomic mass is 35.5. The Balaban J connectivity index is 0.00000420. The Kier molecular flexibility index (Phi) is 11.3. The second-order valence-electron chi connectivity index (χ2n) is 7.51. The van der Waals surface area contributed by atoms with E-state index in [1.54, 1.807) is 12.1 Å². The van der Waals surface area contributed by atoms with Gasteiger partial charge in [0.25, 0.3) is 0 Å². The summed E-state index contributed by atoms with van der Waals surface area (Å²) in [5.41, 5.74) is 6.18. The molecule has 0 spiro atoms. The molecule has 1 aromatic carbocycles. The minimum absolute atomic E-state index is 0. The number of rotatable bonds is 13. The molecule has 2 aromatic rings. The van der Waals surface area contributed by atoms with E-state index >= 15 is 0 Å². The Bertz CT molecular complexity index is 692. The molecule has 0 aliphatic carbocycles. The van der Waals surface area contributed by atoms with Gasteiger partial charge in [0.2, 0.25) is 0 Å². The molecule has 29 heavy (non-hydrogen) atoms. The van der Waals surface area contributed by atoms with E-state index in [1.165, 1.54) is 32.1 Å². The van der Waals surface area contributed by atoms with Crippen LogP contribution in [0.25, 0.3) is 11.4 Å². The van der Waals surface area contributed by atoms with E-state index < -0.39 is 24.9 Å². The van der Waals surface area contributed by atoms with Gasteiger partial charge < -0.3 is 21.1 Å². The summed E-state index contributed by atoms with van der Waals surface area (Å²) in [5, 5.41) is 40.9. The van der Waals surface area contributed by atoms with Crippen LogP contribution in [0.2, 0.25) is 0 Å². The van der Waals surface area contributed by atoms with E-state index in [0.29, 0.717) is 11.4 Å². The van der Waals surface area contributed by atoms with Gasteiger partial charge in [0.05, 0.1) is 24.9 Å². The lowest BCUT2D eigenvalue weighted by Gasteiger charge is -2.27. The number of aromatic nitrogens is 4. The maximum Gasteiger partial charge on any atom is 0.182 e. The third-order valence-electron chi connectivity index (χ3n) is 5.04. The third kappa shape index (κ3) is 7.64. The second kappa shape index (κ2) is 12.9. The Hall–Kier alpha value is -1.58. The number of halogens is 1. The molecule has 1 aromatic heterocycles. The largest absolute Gasteiger partial charge is 0.394 e. The molecule has 0 saturated heterocycles. The average Bonchev–Trinajstić information content (AvgIpc) is 3.19. The molecule has 0 radical (unpaired) electrons. The van der Waals surface area contributed by atoms with E-state index in [4.69, 9.17) is 5.73 Å². The van der Waals surface area contributed by atoms with Crippen molar-refractivity contribution in [2.24, 2.45) is 5.73 Å². The lowest BCUT2D eigenvalue weighted by molar-refractivity contribution is 0.0618. The van der Waals surface area contributed by atoms with Crippen LogP contribution in [0.15, 0.2) is 24.3 Å². The van der Waals surface area contributed by atoms with Crippen LogP contribution in [0.4, 0.5) is 0 Å². The summed E-state index contributed by atoms with van der Waals surface area (Å²) in [4.78, 5) is 0. The first-order valence-electron chi connectivity index (χ1n) is 10.1. The van der Waals surface area contributed by atoms with Crippen molar-refractivity contribution in [3.8, 4) is 11.4 Å². The maximum atomic E-state index is 10.4. The molecule has 5 N–H and O–H groups in total. The van der Waals surface area contributed by atoms with Crippen molar-refractivity contribution >= 4 is 12.4 Å². The molecule has 1 heterocycles. The van der Waals surface area contributed by atoms with Crippen molar-refractivity contribution in [3.63, 3.8) is 0 Å². The van der Waals surface area contributed by atoms with Crippen molar-refractivity contribution in [2.75, 3.05) is 13.2 Å². The molecule has 0 amide bonds. The average molecular weight is 428 g/mol. The highest BCUT2D eigenvalue weighted by molar-refractivity contribution is 5.85. The van der Waals surface area contributed by atoms with Gasteiger partial charge >= 0.3 is 0 Å². The van der Waals surface area contributed by atoms with Crippen molar-refractivity contribution < 1.29 is 15.3 Å². The maximum absolute atomic E-state index is 10.4. The lowest BCUT2D eigenvalue weighted by Crippen LogP contribution is -2.48. The number of aliphatic hydroxyl groups is 3. The molecule has 0 aliphatic heterocycles. The first-order valence-corrected chi connectivity index (χ1v) is 10.1. The Labute approximate surface area is 178 Å². The monoisotopic (exact) mass is 427 g/mol. The second-order valence-corrected chi connectivity index (χ2v) is 7.51. The Morgan fingerprint density at radius 1 is 1.03 bits per heavy atom. The van der Waals surface area contributed by atoms with Crippen molar-refractivity contribution in [1.82, 2.24) is 20.2 Å². The number of tetrazole rings is 1. The van der Waals surface area contributed by atoms with E-state index in [2.05, 4.69) is 22.4 Å². The molecular weight excluding hydrogens is 394 g/mol. The summed E-state index contributed by atoms with van der Waals surface area (Å²) in [5.74, 6) is 0.702. The summed E-state index contributed by atoms with van der Waals surface area (Å²) in [6.07, 6.45) is 6.44. The molecule has 164 valence electrons. The van der Waals surface area contributed by atoms with Gasteiger partial charge in [0, 0.05) is 12.1 Å². The minimum Gasteiger partial charge on any atom is -0.394 e. The van der Waals surface area contributed by atoms with Crippen molar-refractivity contribution in [3.05, 3.63) is 29.8 Å². The van der Waals surface area contributed by atoms with Crippen molar-refractivity contribution in [2.45, 2.75) is 70.1 Å². The van der Waals surface area contributed by atoms with Gasteiger partial charge in [-0.3, -0.25) is 0 Å². The van der Waals surface area contributed by atoms with Gasteiger partial charge in [0.15, 0.2) is 5.82 Å². The topological polar surface area (TPSA) is 130 Å². The zero-order valence-corrected chi connectivity index (χ0v) is 17.9. The SMILES string of the molecule is CCCCCCCCn1nnnc1-c1ccc(C(O)CC(N)(CO)CO)cc1.Cl. The number of nitrogens with zero attached hydrogens (tertiary/aromatic N) is 4. The molecule has 0 aliphatic rings. The van der Waals surface area contributed by atoms with Gasteiger partial charge in [-0.2, -0.15) is 0 Å². The van der Waals surface area contributed by atoms with E-state index in [1.807, 2.05) is 16.8 Å². The molecule has 9 heteroatoms. The molecule has 2 rings (SSSR count). The minimum atomic E-state index is -1.21. The summed E-state index contributed by atoms with van der Waals surface area (Å²) in [7, 11) is 0. The molecule has 8 nitrogen and oxygen atoms in total. The van der Waals surface area contributed by atoms with Gasteiger partial charge in [-0.05, 0) is 28.8 Å². The number of benzene rings is 1. The van der Waals surface area contributed by atoms with Gasteiger partial charge in [-0.15, -0.1) is 17.5 Å². The zero-order valence-electron chi connectivity index (χ0n) is 17.1. The van der Waals surface area contributed by atoms with Crippen LogP contribution < -0.4 is 5.73 Å². The molecule has 1 atom stereocenters. The fraction of sp³-hybridized carbons (Fsp3) is 0.650. The van der Waals surface area contributed by atoms with E-state index in [-0.39, 0.29) is 18.8 Å². The number of hydrogen-bond acceptors (Lipinski definition) is 7. The van der Waals surface area contributed by atoms with Crippen LogP contribution >= 0.6 is 12.4 Å². The number of aryl methyl sites for hydroxylation is 1. The number of nitrogens with two attached hydrogens (primary N) is 1. The smallest absolute Gasteiger partial charge is 0.182 e.